The van der Waals surface area contributed by atoms with Crippen LogP contribution < -0.4 is 4.74 Å². The van der Waals surface area contributed by atoms with Crippen LogP contribution in [0.3, 0.4) is 0 Å². The number of pyridine rings is 1. The van der Waals surface area contributed by atoms with E-state index < -0.39 is 5.41 Å². The molecule has 3 nitrogen and oxygen atoms in total. The first-order valence-corrected chi connectivity index (χ1v) is 4.44. The van der Waals surface area contributed by atoms with Gasteiger partial charge >= 0.3 is 0 Å². The van der Waals surface area contributed by atoms with Gasteiger partial charge in [0.2, 0.25) is 5.88 Å². The molecular weight excluding hydrogens is 176 g/mol. The van der Waals surface area contributed by atoms with E-state index in [1.807, 2.05) is 26.8 Å². The van der Waals surface area contributed by atoms with Crippen LogP contribution in [-0.2, 0) is 5.41 Å². The number of rotatable bonds is 2. The fourth-order valence-electron chi connectivity index (χ4n) is 1.17. The van der Waals surface area contributed by atoms with Crippen molar-refractivity contribution in [1.29, 1.82) is 5.26 Å². The molecule has 0 unspecified atom stereocenters. The smallest absolute Gasteiger partial charge is 0.213 e. The number of hydrogen-bond donors (Lipinski definition) is 0. The summed E-state index contributed by atoms with van der Waals surface area (Å²) < 4.78 is 5.05. The van der Waals surface area contributed by atoms with Crippen LogP contribution in [0.1, 0.15) is 25.1 Å². The van der Waals surface area contributed by atoms with E-state index in [0.29, 0.717) is 5.88 Å². The molecule has 14 heavy (non-hydrogen) atoms. The van der Waals surface area contributed by atoms with Crippen molar-refractivity contribution in [3.8, 4) is 11.9 Å². The van der Waals surface area contributed by atoms with Crippen molar-refractivity contribution in [3.63, 3.8) is 0 Å². The van der Waals surface area contributed by atoms with Gasteiger partial charge in [-0.15, -0.1) is 0 Å². The maximum Gasteiger partial charge on any atom is 0.213 e. The molecule has 74 valence electrons. The summed E-state index contributed by atoms with van der Waals surface area (Å²) in [6.45, 7) is 5.64. The topological polar surface area (TPSA) is 45.9 Å². The van der Waals surface area contributed by atoms with Gasteiger partial charge in [0.05, 0.1) is 18.6 Å². The summed E-state index contributed by atoms with van der Waals surface area (Å²) in [7, 11) is 1.57. The van der Waals surface area contributed by atoms with Crippen LogP contribution in [0, 0.1) is 18.3 Å². The third-order valence-corrected chi connectivity index (χ3v) is 2.14. The van der Waals surface area contributed by atoms with Gasteiger partial charge in [-0.2, -0.15) is 5.26 Å². The van der Waals surface area contributed by atoms with E-state index in [9.17, 15) is 0 Å². The first-order valence-electron chi connectivity index (χ1n) is 4.44. The van der Waals surface area contributed by atoms with Gasteiger partial charge in [0.25, 0.3) is 0 Å². The highest BCUT2D eigenvalue weighted by Crippen LogP contribution is 2.25. The predicted octanol–water partition coefficient (Wildman–Crippen LogP) is 2.20. The van der Waals surface area contributed by atoms with Crippen molar-refractivity contribution >= 4 is 0 Å². The SMILES string of the molecule is COc1cc(C(C)(C)C#N)cc(C)n1. The van der Waals surface area contributed by atoms with Crippen molar-refractivity contribution < 1.29 is 4.74 Å². The second-order valence-corrected chi connectivity index (χ2v) is 3.78. The van der Waals surface area contributed by atoms with E-state index in [4.69, 9.17) is 10.00 Å². The predicted molar refractivity (Wildman–Crippen MR) is 54.2 cm³/mol. The summed E-state index contributed by atoms with van der Waals surface area (Å²) in [5.41, 5.74) is 1.30. The molecule has 1 aromatic heterocycles. The molecule has 0 saturated carbocycles. The molecule has 0 aliphatic heterocycles. The normalized spacial score (nSPS) is 10.8. The Labute approximate surface area is 84.3 Å². The number of nitriles is 1. The van der Waals surface area contributed by atoms with E-state index in [0.717, 1.165) is 11.3 Å². The van der Waals surface area contributed by atoms with Gasteiger partial charge < -0.3 is 4.74 Å². The van der Waals surface area contributed by atoms with Gasteiger partial charge in [0.1, 0.15) is 0 Å². The highest BCUT2D eigenvalue weighted by atomic mass is 16.5. The van der Waals surface area contributed by atoms with Crippen LogP contribution in [0.5, 0.6) is 5.88 Å². The minimum absolute atomic E-state index is 0.499. The summed E-state index contributed by atoms with van der Waals surface area (Å²) in [6, 6.07) is 5.96. The Balaban J connectivity index is 3.24. The van der Waals surface area contributed by atoms with Gasteiger partial charge in [0.15, 0.2) is 0 Å². The standard InChI is InChI=1S/C11H14N2O/c1-8-5-9(11(2,3)7-12)6-10(13-8)14-4/h5-6H,1-4H3. The Bertz CT molecular complexity index is 377. The third-order valence-electron chi connectivity index (χ3n) is 2.14. The van der Waals surface area contributed by atoms with E-state index in [-0.39, 0.29) is 0 Å². The zero-order valence-electron chi connectivity index (χ0n) is 8.96. The second kappa shape index (κ2) is 3.67. The second-order valence-electron chi connectivity index (χ2n) is 3.78. The Morgan fingerprint density at radius 2 is 2.07 bits per heavy atom. The first-order chi connectivity index (χ1) is 6.49. The largest absolute Gasteiger partial charge is 0.481 e. The number of nitrogens with zero attached hydrogens (tertiary/aromatic N) is 2. The first kappa shape index (κ1) is 10.5. The van der Waals surface area contributed by atoms with Gasteiger partial charge in [-0.25, -0.2) is 4.98 Å². The van der Waals surface area contributed by atoms with E-state index in [1.165, 1.54) is 0 Å². The van der Waals surface area contributed by atoms with Gasteiger partial charge in [-0.05, 0) is 32.4 Å². The molecule has 0 aliphatic carbocycles. The molecule has 0 aliphatic rings. The quantitative estimate of drug-likeness (QED) is 0.718. The highest BCUT2D eigenvalue weighted by Gasteiger charge is 2.20. The lowest BCUT2D eigenvalue weighted by molar-refractivity contribution is 0.395. The number of aromatic nitrogens is 1. The summed E-state index contributed by atoms with van der Waals surface area (Å²) in [5, 5.41) is 8.99. The van der Waals surface area contributed by atoms with Crippen molar-refractivity contribution in [2.45, 2.75) is 26.2 Å². The molecule has 0 radical (unpaired) electrons. The third kappa shape index (κ3) is 2.02. The van der Waals surface area contributed by atoms with E-state index >= 15 is 0 Å². The molecule has 0 amide bonds. The maximum atomic E-state index is 8.99. The molecule has 1 heterocycles. The fraction of sp³-hybridized carbons (Fsp3) is 0.455. The summed E-state index contributed by atoms with van der Waals surface area (Å²) in [4.78, 5) is 4.17. The fourth-order valence-corrected chi connectivity index (χ4v) is 1.17. The van der Waals surface area contributed by atoms with E-state index in [1.54, 1.807) is 13.2 Å². The van der Waals surface area contributed by atoms with Crippen LogP contribution in [0.15, 0.2) is 12.1 Å². The average molecular weight is 190 g/mol. The molecule has 0 aromatic carbocycles. The molecule has 1 rings (SSSR count). The lowest BCUT2D eigenvalue weighted by Gasteiger charge is -2.16. The Kier molecular flexibility index (Phi) is 2.76. The molecular formula is C11H14N2O. The van der Waals surface area contributed by atoms with Gasteiger partial charge in [0, 0.05) is 11.8 Å². The number of hydrogen-bond acceptors (Lipinski definition) is 3. The van der Waals surface area contributed by atoms with Crippen LogP contribution in [0.2, 0.25) is 0 Å². The van der Waals surface area contributed by atoms with Crippen LogP contribution in [0.4, 0.5) is 0 Å². The molecule has 0 spiro atoms. The molecule has 0 N–H and O–H groups in total. The average Bonchev–Trinajstić information content (AvgIpc) is 2.16. The number of ether oxygens (including phenoxy) is 1. The minimum Gasteiger partial charge on any atom is -0.481 e. The Hall–Kier alpha value is -1.56. The van der Waals surface area contributed by atoms with Crippen molar-refractivity contribution in [3.05, 3.63) is 23.4 Å². The van der Waals surface area contributed by atoms with Crippen LogP contribution in [-0.4, -0.2) is 12.1 Å². The minimum atomic E-state index is -0.499. The molecule has 0 fully saturated rings. The van der Waals surface area contributed by atoms with Crippen molar-refractivity contribution in [1.82, 2.24) is 4.98 Å². The van der Waals surface area contributed by atoms with Gasteiger partial charge in [-0.1, -0.05) is 0 Å². The molecule has 3 heteroatoms. The number of aryl methyl sites for hydroxylation is 1. The number of methoxy groups -OCH3 is 1. The zero-order chi connectivity index (χ0) is 10.8. The summed E-state index contributed by atoms with van der Waals surface area (Å²) >= 11 is 0. The van der Waals surface area contributed by atoms with E-state index in [2.05, 4.69) is 11.1 Å². The molecule has 0 atom stereocenters. The maximum absolute atomic E-state index is 8.99. The van der Waals surface area contributed by atoms with Gasteiger partial charge in [-0.3, -0.25) is 0 Å². The summed E-state index contributed by atoms with van der Waals surface area (Å²) in [6.07, 6.45) is 0. The van der Waals surface area contributed by atoms with Crippen LogP contribution >= 0.6 is 0 Å². The lowest BCUT2D eigenvalue weighted by atomic mass is 9.86. The van der Waals surface area contributed by atoms with Crippen molar-refractivity contribution in [2.75, 3.05) is 7.11 Å². The monoisotopic (exact) mass is 190 g/mol. The zero-order valence-corrected chi connectivity index (χ0v) is 8.96. The molecule has 0 saturated heterocycles. The Morgan fingerprint density at radius 1 is 1.43 bits per heavy atom. The lowest BCUT2D eigenvalue weighted by Crippen LogP contribution is -2.14. The molecule has 0 bridgehead atoms. The van der Waals surface area contributed by atoms with Crippen molar-refractivity contribution in [2.24, 2.45) is 0 Å². The van der Waals surface area contributed by atoms with Crippen LogP contribution in [0.25, 0.3) is 0 Å². The highest BCUT2D eigenvalue weighted by molar-refractivity contribution is 5.34. The molecule has 1 aromatic rings. The summed E-state index contributed by atoms with van der Waals surface area (Å²) in [5.74, 6) is 0.559. The Morgan fingerprint density at radius 3 is 2.57 bits per heavy atom.